The molecule has 0 spiro atoms. The van der Waals surface area contributed by atoms with Crippen molar-refractivity contribution in [1.82, 2.24) is 0 Å². The smallest absolute Gasteiger partial charge is 0.163 e. The van der Waals surface area contributed by atoms with Gasteiger partial charge in [-0.05, 0) is 46.9 Å². The molecule has 0 aliphatic carbocycles. The van der Waals surface area contributed by atoms with E-state index in [2.05, 4.69) is 15.9 Å². The Balaban J connectivity index is 2.30. The third-order valence-electron chi connectivity index (χ3n) is 2.96. The predicted molar refractivity (Wildman–Crippen MR) is 63.4 cm³/mol. The monoisotopic (exact) mass is 290 g/mol. The fourth-order valence-electron chi connectivity index (χ4n) is 2.03. The van der Waals surface area contributed by atoms with Crippen molar-refractivity contribution in [2.45, 2.75) is 6.42 Å². The van der Waals surface area contributed by atoms with E-state index in [0.717, 1.165) is 6.42 Å². The Hall–Kier alpha value is -0.680. The molecule has 5 heteroatoms. The van der Waals surface area contributed by atoms with Gasteiger partial charge in [-0.3, -0.25) is 0 Å². The van der Waals surface area contributed by atoms with Crippen molar-refractivity contribution >= 4 is 21.6 Å². The minimum atomic E-state index is -0.530. The second-order valence-corrected chi connectivity index (χ2v) is 4.88. The Morgan fingerprint density at radius 1 is 1.44 bits per heavy atom. The van der Waals surface area contributed by atoms with E-state index in [9.17, 15) is 8.78 Å². The van der Waals surface area contributed by atoms with Crippen molar-refractivity contribution in [3.63, 3.8) is 0 Å². The Labute approximate surface area is 102 Å². The zero-order valence-corrected chi connectivity index (χ0v) is 10.3. The molecule has 16 heavy (non-hydrogen) atoms. The third-order valence-corrected chi connectivity index (χ3v) is 3.57. The van der Waals surface area contributed by atoms with Gasteiger partial charge < -0.3 is 10.6 Å². The summed E-state index contributed by atoms with van der Waals surface area (Å²) in [6.07, 6.45) is 0.891. The minimum absolute atomic E-state index is 0.0605. The molecule has 0 amide bonds. The highest BCUT2D eigenvalue weighted by atomic mass is 79.9. The van der Waals surface area contributed by atoms with Gasteiger partial charge in [0.1, 0.15) is 11.5 Å². The van der Waals surface area contributed by atoms with Gasteiger partial charge in [0.2, 0.25) is 0 Å². The maximum Gasteiger partial charge on any atom is 0.163 e. The van der Waals surface area contributed by atoms with Crippen molar-refractivity contribution in [1.29, 1.82) is 0 Å². The number of anilines is 1. The molecular weight excluding hydrogens is 278 g/mol. The van der Waals surface area contributed by atoms with Crippen molar-refractivity contribution in [2.75, 3.05) is 24.5 Å². The third kappa shape index (κ3) is 2.06. The Morgan fingerprint density at radius 3 is 2.81 bits per heavy atom. The van der Waals surface area contributed by atoms with Gasteiger partial charge in [0.15, 0.2) is 5.82 Å². The van der Waals surface area contributed by atoms with Gasteiger partial charge >= 0.3 is 0 Å². The molecule has 1 aliphatic heterocycles. The fraction of sp³-hybridized carbons (Fsp3) is 0.455. The number of hydrogen-bond donors (Lipinski definition) is 1. The Bertz CT molecular complexity index is 398. The number of benzene rings is 1. The lowest BCUT2D eigenvalue weighted by molar-refractivity contribution is 0.567. The molecule has 1 unspecified atom stereocenters. The molecule has 1 aromatic carbocycles. The summed E-state index contributed by atoms with van der Waals surface area (Å²) < 4.78 is 27.7. The molecule has 2 rings (SSSR count). The lowest BCUT2D eigenvalue weighted by Gasteiger charge is -2.20. The highest BCUT2D eigenvalue weighted by molar-refractivity contribution is 9.10. The molecule has 88 valence electrons. The number of halogens is 3. The maximum absolute atomic E-state index is 13.8. The fourth-order valence-corrected chi connectivity index (χ4v) is 2.35. The predicted octanol–water partition coefficient (Wildman–Crippen LogP) is 2.51. The van der Waals surface area contributed by atoms with E-state index in [1.807, 2.05) is 0 Å². The van der Waals surface area contributed by atoms with Gasteiger partial charge in [0.05, 0.1) is 4.47 Å². The van der Waals surface area contributed by atoms with Crippen LogP contribution in [0.2, 0.25) is 0 Å². The van der Waals surface area contributed by atoms with Crippen molar-refractivity contribution < 1.29 is 8.78 Å². The number of hydrogen-bond acceptors (Lipinski definition) is 2. The molecule has 0 bridgehead atoms. The summed E-state index contributed by atoms with van der Waals surface area (Å²) in [4.78, 5) is 1.73. The zero-order chi connectivity index (χ0) is 11.7. The van der Waals surface area contributed by atoms with E-state index >= 15 is 0 Å². The molecule has 0 aromatic heterocycles. The van der Waals surface area contributed by atoms with Gasteiger partial charge in [0, 0.05) is 13.1 Å². The van der Waals surface area contributed by atoms with Crippen molar-refractivity contribution in [3.05, 3.63) is 28.2 Å². The van der Waals surface area contributed by atoms with Crippen LogP contribution in [0.15, 0.2) is 16.6 Å². The molecule has 1 atom stereocenters. The zero-order valence-electron chi connectivity index (χ0n) is 8.72. The molecule has 1 fully saturated rings. The summed E-state index contributed by atoms with van der Waals surface area (Å²) >= 11 is 3.07. The maximum atomic E-state index is 13.8. The van der Waals surface area contributed by atoms with Crippen LogP contribution in [0.25, 0.3) is 0 Å². The van der Waals surface area contributed by atoms with Gasteiger partial charge in [-0.2, -0.15) is 0 Å². The van der Waals surface area contributed by atoms with Crippen LogP contribution in [0.5, 0.6) is 0 Å². The summed E-state index contributed by atoms with van der Waals surface area (Å²) in [5.41, 5.74) is 5.62. The molecule has 2 nitrogen and oxygen atoms in total. The molecule has 1 aromatic rings. The number of rotatable bonds is 2. The highest BCUT2D eigenvalue weighted by Gasteiger charge is 2.26. The molecule has 1 saturated heterocycles. The van der Waals surface area contributed by atoms with Crippen LogP contribution in [0.4, 0.5) is 14.5 Å². The van der Waals surface area contributed by atoms with E-state index in [4.69, 9.17) is 5.73 Å². The van der Waals surface area contributed by atoms with E-state index in [1.165, 1.54) is 12.1 Å². The van der Waals surface area contributed by atoms with Crippen LogP contribution >= 0.6 is 15.9 Å². The summed E-state index contributed by atoms with van der Waals surface area (Å²) in [6.45, 7) is 1.85. The average Bonchev–Trinajstić information content (AvgIpc) is 2.73. The lowest BCUT2D eigenvalue weighted by atomic mass is 10.1. The van der Waals surface area contributed by atoms with Gasteiger partial charge in [-0.15, -0.1) is 0 Å². The largest absolute Gasteiger partial charge is 0.366 e. The summed E-state index contributed by atoms with van der Waals surface area (Å²) in [5, 5.41) is 0. The lowest BCUT2D eigenvalue weighted by Crippen LogP contribution is -2.24. The second kappa shape index (κ2) is 4.67. The minimum Gasteiger partial charge on any atom is -0.366 e. The quantitative estimate of drug-likeness (QED) is 0.848. The first-order chi connectivity index (χ1) is 7.63. The van der Waals surface area contributed by atoms with E-state index in [0.29, 0.717) is 30.0 Å². The number of nitrogens with two attached hydrogens (primary N) is 1. The molecule has 1 aliphatic rings. The Kier molecular flexibility index (Phi) is 3.44. The van der Waals surface area contributed by atoms with Crippen molar-refractivity contribution in [3.8, 4) is 0 Å². The van der Waals surface area contributed by atoms with Crippen LogP contribution in [0, 0.1) is 17.6 Å². The van der Waals surface area contributed by atoms with Crippen molar-refractivity contribution in [2.24, 2.45) is 11.7 Å². The van der Waals surface area contributed by atoms with Crippen LogP contribution < -0.4 is 10.6 Å². The van der Waals surface area contributed by atoms with Crippen LogP contribution in [-0.4, -0.2) is 19.6 Å². The normalized spacial score (nSPS) is 20.5. The van der Waals surface area contributed by atoms with Gasteiger partial charge in [0.25, 0.3) is 0 Å². The van der Waals surface area contributed by atoms with E-state index in [-0.39, 0.29) is 5.69 Å². The van der Waals surface area contributed by atoms with Gasteiger partial charge in [-0.25, -0.2) is 8.78 Å². The molecule has 0 radical (unpaired) electrons. The highest BCUT2D eigenvalue weighted by Crippen LogP contribution is 2.32. The first-order valence-electron chi connectivity index (χ1n) is 5.22. The molecular formula is C11H13BrF2N2. The summed E-state index contributed by atoms with van der Waals surface area (Å²) in [7, 11) is 0. The summed E-state index contributed by atoms with van der Waals surface area (Å²) in [6, 6.07) is 2.66. The second-order valence-electron chi connectivity index (χ2n) is 4.03. The first kappa shape index (κ1) is 11.8. The SMILES string of the molecule is NCC1CCN(c2c(F)ccc(Br)c2F)C1. The first-order valence-corrected chi connectivity index (χ1v) is 6.01. The topological polar surface area (TPSA) is 29.3 Å². The van der Waals surface area contributed by atoms with Crippen LogP contribution in [0.3, 0.4) is 0 Å². The Morgan fingerprint density at radius 2 is 2.19 bits per heavy atom. The molecule has 0 saturated carbocycles. The van der Waals surface area contributed by atoms with E-state index < -0.39 is 11.6 Å². The average molecular weight is 291 g/mol. The van der Waals surface area contributed by atoms with Crippen LogP contribution in [-0.2, 0) is 0 Å². The summed E-state index contributed by atoms with van der Waals surface area (Å²) in [5.74, 6) is -0.714. The molecule has 1 heterocycles. The number of nitrogens with zero attached hydrogens (tertiary/aromatic N) is 1. The van der Waals surface area contributed by atoms with E-state index in [1.54, 1.807) is 4.90 Å². The van der Waals surface area contributed by atoms with Crippen LogP contribution in [0.1, 0.15) is 6.42 Å². The standard InChI is InChI=1S/C11H13BrF2N2/c12-8-1-2-9(13)11(10(8)14)16-4-3-7(5-15)6-16/h1-2,7H,3-6,15H2. The molecule has 2 N–H and O–H groups in total. The van der Waals surface area contributed by atoms with Gasteiger partial charge in [-0.1, -0.05) is 0 Å².